The highest BCUT2D eigenvalue weighted by Gasteiger charge is 2.18. The number of aryl methyl sites for hydroxylation is 2. The summed E-state index contributed by atoms with van der Waals surface area (Å²) in [6, 6.07) is 11.3. The van der Waals surface area contributed by atoms with Gasteiger partial charge in [-0.2, -0.15) is 0 Å². The van der Waals surface area contributed by atoms with Crippen LogP contribution in [-0.2, 0) is 12.8 Å². The van der Waals surface area contributed by atoms with Gasteiger partial charge in [0.15, 0.2) is 0 Å². The van der Waals surface area contributed by atoms with E-state index in [-0.39, 0.29) is 11.6 Å². The summed E-state index contributed by atoms with van der Waals surface area (Å²) in [6.07, 6.45) is 1.87. The summed E-state index contributed by atoms with van der Waals surface area (Å²) >= 11 is 4.35. The van der Waals surface area contributed by atoms with Crippen molar-refractivity contribution in [1.29, 1.82) is 0 Å². The van der Waals surface area contributed by atoms with Crippen LogP contribution in [0.3, 0.4) is 0 Å². The van der Waals surface area contributed by atoms with Crippen LogP contribution in [0.25, 0.3) is 0 Å². The monoisotopic (exact) mass is 360 g/mol. The fourth-order valence-electron chi connectivity index (χ4n) is 2.20. The number of rotatable bonds is 6. The highest BCUT2D eigenvalue weighted by molar-refractivity contribution is 7.20. The molecule has 0 spiro atoms. The summed E-state index contributed by atoms with van der Waals surface area (Å²) in [5.41, 5.74) is 0. The molecule has 0 aliphatic carbocycles. The first kappa shape index (κ1) is 16.3. The van der Waals surface area contributed by atoms with E-state index in [1.807, 2.05) is 24.3 Å². The molecule has 23 heavy (non-hydrogen) atoms. The number of hydrogen-bond acceptors (Lipinski definition) is 5. The topological polar surface area (TPSA) is 34.1 Å². The molecule has 3 aromatic heterocycles. The van der Waals surface area contributed by atoms with Crippen molar-refractivity contribution < 1.29 is 9.59 Å². The summed E-state index contributed by atoms with van der Waals surface area (Å²) in [4.78, 5) is 30.2. The van der Waals surface area contributed by atoms with Crippen molar-refractivity contribution >= 4 is 45.6 Å². The lowest BCUT2D eigenvalue weighted by Gasteiger charge is -1.94. The molecule has 0 bridgehead atoms. The van der Waals surface area contributed by atoms with E-state index in [0.717, 1.165) is 22.6 Å². The molecule has 0 saturated heterocycles. The van der Waals surface area contributed by atoms with Crippen molar-refractivity contribution in [2.45, 2.75) is 26.7 Å². The van der Waals surface area contributed by atoms with E-state index in [1.54, 1.807) is 12.1 Å². The smallest absolute Gasteiger partial charge is 0.212 e. The Balaban J connectivity index is 1.82. The Labute approximate surface area is 147 Å². The van der Waals surface area contributed by atoms with Crippen molar-refractivity contribution in [2.75, 3.05) is 0 Å². The number of carbonyl (C=O) groups excluding carboxylic acids is 2. The first-order chi connectivity index (χ1) is 11.1. The minimum absolute atomic E-state index is 0.0131. The Hall–Kier alpha value is -1.56. The van der Waals surface area contributed by atoms with Crippen LogP contribution in [0.4, 0.5) is 0 Å². The third kappa shape index (κ3) is 3.37. The molecule has 0 unspecified atom stereocenters. The molecule has 118 valence electrons. The zero-order chi connectivity index (χ0) is 16.4. The molecule has 0 N–H and O–H groups in total. The largest absolute Gasteiger partial charge is 0.287 e. The quantitative estimate of drug-likeness (QED) is 0.547. The van der Waals surface area contributed by atoms with E-state index in [4.69, 9.17) is 0 Å². The zero-order valence-electron chi connectivity index (χ0n) is 12.9. The van der Waals surface area contributed by atoms with Crippen LogP contribution in [-0.4, -0.2) is 11.6 Å². The SMILES string of the molecule is CCc1ccc(C(=O)c2ccc(C(=O)c3ccc(CC)s3)s2)s1. The number of carbonyl (C=O) groups is 2. The highest BCUT2D eigenvalue weighted by atomic mass is 32.1. The third-order valence-corrected chi connectivity index (χ3v) is 7.06. The van der Waals surface area contributed by atoms with Crippen molar-refractivity contribution in [2.24, 2.45) is 0 Å². The second-order valence-electron chi connectivity index (χ2n) is 5.06. The Kier molecular flexibility index (Phi) is 4.90. The predicted molar refractivity (Wildman–Crippen MR) is 98.6 cm³/mol. The van der Waals surface area contributed by atoms with Gasteiger partial charge in [0, 0.05) is 9.75 Å². The van der Waals surface area contributed by atoms with Gasteiger partial charge in [0.1, 0.15) is 0 Å². The molecular formula is C18H16O2S3. The highest BCUT2D eigenvalue weighted by Crippen LogP contribution is 2.28. The molecular weight excluding hydrogens is 344 g/mol. The lowest BCUT2D eigenvalue weighted by atomic mass is 10.2. The maximum absolute atomic E-state index is 12.5. The van der Waals surface area contributed by atoms with Gasteiger partial charge < -0.3 is 0 Å². The van der Waals surface area contributed by atoms with Crippen LogP contribution in [0.2, 0.25) is 0 Å². The van der Waals surface area contributed by atoms with E-state index < -0.39 is 0 Å². The molecule has 0 radical (unpaired) electrons. The summed E-state index contributed by atoms with van der Waals surface area (Å²) in [7, 11) is 0. The maximum Gasteiger partial charge on any atom is 0.212 e. The third-order valence-electron chi connectivity index (χ3n) is 3.52. The van der Waals surface area contributed by atoms with Crippen LogP contribution in [0, 0.1) is 0 Å². The Morgan fingerprint density at radius 2 is 1.00 bits per heavy atom. The van der Waals surface area contributed by atoms with Gasteiger partial charge in [-0.05, 0) is 49.2 Å². The normalized spacial score (nSPS) is 10.9. The average molecular weight is 361 g/mol. The molecule has 0 fully saturated rings. The van der Waals surface area contributed by atoms with E-state index in [0.29, 0.717) is 9.75 Å². The van der Waals surface area contributed by atoms with Crippen molar-refractivity contribution in [3.05, 3.63) is 65.7 Å². The van der Waals surface area contributed by atoms with Crippen molar-refractivity contribution in [1.82, 2.24) is 0 Å². The Morgan fingerprint density at radius 3 is 1.35 bits per heavy atom. The first-order valence-electron chi connectivity index (χ1n) is 7.49. The van der Waals surface area contributed by atoms with Crippen molar-refractivity contribution in [3.8, 4) is 0 Å². The molecule has 3 aromatic rings. The predicted octanol–water partition coefficient (Wildman–Crippen LogP) is 5.46. The number of thiophene rings is 3. The van der Waals surface area contributed by atoms with E-state index >= 15 is 0 Å². The first-order valence-corrected chi connectivity index (χ1v) is 9.94. The average Bonchev–Trinajstić information content (AvgIpc) is 3.33. The Morgan fingerprint density at radius 1 is 0.652 bits per heavy atom. The van der Waals surface area contributed by atoms with Crippen LogP contribution >= 0.6 is 34.0 Å². The molecule has 5 heteroatoms. The molecule has 3 heterocycles. The minimum atomic E-state index is 0.0131. The summed E-state index contributed by atoms with van der Waals surface area (Å²) in [6.45, 7) is 4.15. The van der Waals surface area contributed by atoms with E-state index in [1.165, 1.54) is 43.8 Å². The van der Waals surface area contributed by atoms with Gasteiger partial charge in [-0.3, -0.25) is 9.59 Å². The summed E-state index contributed by atoms with van der Waals surface area (Å²) in [5, 5.41) is 0. The van der Waals surface area contributed by atoms with Gasteiger partial charge in [0.2, 0.25) is 11.6 Å². The van der Waals surface area contributed by atoms with Gasteiger partial charge in [0.05, 0.1) is 19.5 Å². The second-order valence-corrected chi connectivity index (χ2v) is 8.48. The molecule has 0 aromatic carbocycles. The van der Waals surface area contributed by atoms with E-state index in [2.05, 4.69) is 13.8 Å². The lowest BCUT2D eigenvalue weighted by molar-refractivity contribution is 0.103. The van der Waals surface area contributed by atoms with Gasteiger partial charge in [-0.25, -0.2) is 0 Å². The lowest BCUT2D eigenvalue weighted by Crippen LogP contribution is -1.95. The molecule has 0 aliphatic heterocycles. The molecule has 0 aliphatic rings. The van der Waals surface area contributed by atoms with Gasteiger partial charge >= 0.3 is 0 Å². The minimum Gasteiger partial charge on any atom is -0.287 e. The van der Waals surface area contributed by atoms with Gasteiger partial charge in [-0.15, -0.1) is 34.0 Å². The molecule has 0 atom stereocenters. The van der Waals surface area contributed by atoms with E-state index in [9.17, 15) is 9.59 Å². The van der Waals surface area contributed by atoms with Gasteiger partial charge in [-0.1, -0.05) is 13.8 Å². The van der Waals surface area contributed by atoms with Crippen molar-refractivity contribution in [3.63, 3.8) is 0 Å². The second kappa shape index (κ2) is 6.91. The fourth-order valence-corrected chi connectivity index (χ4v) is 5.05. The standard InChI is InChI=1S/C18H16O2S3/c1-3-11-5-7-13(21-11)17(19)15-9-10-16(23-15)18(20)14-8-6-12(4-2)22-14/h5-10H,3-4H2,1-2H3. The Bertz CT molecular complexity index is 782. The summed E-state index contributed by atoms with van der Waals surface area (Å²) in [5.74, 6) is 0.0263. The molecule has 0 amide bonds. The van der Waals surface area contributed by atoms with Crippen LogP contribution in [0.1, 0.15) is 52.7 Å². The molecule has 2 nitrogen and oxygen atoms in total. The molecule has 0 saturated carbocycles. The summed E-state index contributed by atoms with van der Waals surface area (Å²) < 4.78 is 0. The van der Waals surface area contributed by atoms with Crippen LogP contribution < -0.4 is 0 Å². The van der Waals surface area contributed by atoms with Gasteiger partial charge in [0.25, 0.3) is 0 Å². The van der Waals surface area contributed by atoms with Crippen LogP contribution in [0.5, 0.6) is 0 Å². The molecule has 3 rings (SSSR count). The zero-order valence-corrected chi connectivity index (χ0v) is 15.4. The van der Waals surface area contributed by atoms with Crippen LogP contribution in [0.15, 0.2) is 36.4 Å². The number of ketones is 2. The maximum atomic E-state index is 12.5. The fraction of sp³-hybridized carbons (Fsp3) is 0.222. The number of hydrogen-bond donors (Lipinski definition) is 0.